The molecule has 0 aromatic rings. The number of esters is 1. The van der Waals surface area contributed by atoms with Crippen LogP contribution in [0.5, 0.6) is 0 Å². The third-order valence-electron chi connectivity index (χ3n) is 3.92. The van der Waals surface area contributed by atoms with Crippen LogP contribution in [-0.4, -0.2) is 12.6 Å². The van der Waals surface area contributed by atoms with Gasteiger partial charge >= 0.3 is 5.97 Å². The lowest BCUT2D eigenvalue weighted by molar-refractivity contribution is -0.143. The molecule has 0 fully saturated rings. The van der Waals surface area contributed by atoms with Gasteiger partial charge in [0.25, 0.3) is 0 Å². The van der Waals surface area contributed by atoms with Crippen LogP contribution in [0.25, 0.3) is 0 Å². The summed E-state index contributed by atoms with van der Waals surface area (Å²) >= 11 is 0. The highest BCUT2D eigenvalue weighted by Gasteiger charge is 2.02. The fraction of sp³-hybridized carbons (Fsp3) is 0.947. The lowest BCUT2D eigenvalue weighted by atomic mass is 10.0. The number of hydrogen-bond acceptors (Lipinski definition) is 2. The zero-order chi connectivity index (χ0) is 15.8. The van der Waals surface area contributed by atoms with Crippen LogP contribution in [0, 0.1) is 5.92 Å². The van der Waals surface area contributed by atoms with Gasteiger partial charge in [0, 0.05) is 6.42 Å². The number of hydrogen-bond donors (Lipinski definition) is 0. The third kappa shape index (κ3) is 17.4. The third-order valence-corrected chi connectivity index (χ3v) is 3.92. The molecule has 0 N–H and O–H groups in total. The molecular weight excluding hydrogens is 260 g/mol. The molecule has 21 heavy (non-hydrogen) atoms. The number of ether oxygens (including phenoxy) is 1. The molecule has 0 heterocycles. The Morgan fingerprint density at radius 1 is 0.810 bits per heavy atom. The highest BCUT2D eigenvalue weighted by Crippen LogP contribution is 2.11. The number of rotatable bonds is 15. The fourth-order valence-corrected chi connectivity index (χ4v) is 2.49. The standard InChI is InChI=1S/C19H38O2/c1-4-5-6-7-8-11-14-17-21-19(20)16-13-10-9-12-15-18(2)3/h18H,4-17H2,1-3H3. The van der Waals surface area contributed by atoms with E-state index in [4.69, 9.17) is 4.74 Å². The normalized spacial score (nSPS) is 11.0. The van der Waals surface area contributed by atoms with Crippen LogP contribution >= 0.6 is 0 Å². The minimum Gasteiger partial charge on any atom is -0.466 e. The van der Waals surface area contributed by atoms with Gasteiger partial charge in [0.15, 0.2) is 0 Å². The lowest BCUT2D eigenvalue weighted by Gasteiger charge is -2.06. The van der Waals surface area contributed by atoms with Crippen molar-refractivity contribution in [1.82, 2.24) is 0 Å². The van der Waals surface area contributed by atoms with Crippen molar-refractivity contribution in [2.24, 2.45) is 5.92 Å². The predicted molar refractivity (Wildman–Crippen MR) is 91.5 cm³/mol. The Kier molecular flexibility index (Phi) is 15.5. The van der Waals surface area contributed by atoms with E-state index in [1.54, 1.807) is 0 Å². The van der Waals surface area contributed by atoms with Gasteiger partial charge < -0.3 is 4.74 Å². The second kappa shape index (κ2) is 15.9. The molecule has 0 radical (unpaired) electrons. The molecule has 0 rings (SSSR count). The van der Waals surface area contributed by atoms with Gasteiger partial charge in [0.1, 0.15) is 0 Å². The van der Waals surface area contributed by atoms with Crippen molar-refractivity contribution in [3.63, 3.8) is 0 Å². The first-order valence-corrected chi connectivity index (χ1v) is 9.32. The smallest absolute Gasteiger partial charge is 0.305 e. The maximum absolute atomic E-state index is 11.5. The van der Waals surface area contributed by atoms with E-state index in [1.165, 1.54) is 64.2 Å². The topological polar surface area (TPSA) is 26.3 Å². The number of unbranched alkanes of at least 4 members (excludes halogenated alkanes) is 9. The lowest BCUT2D eigenvalue weighted by Crippen LogP contribution is -2.05. The Balaban J connectivity index is 3.16. The van der Waals surface area contributed by atoms with E-state index in [1.807, 2.05) is 0 Å². The Morgan fingerprint density at radius 3 is 2.05 bits per heavy atom. The molecule has 0 saturated carbocycles. The molecule has 0 saturated heterocycles. The predicted octanol–water partition coefficient (Wildman–Crippen LogP) is 6.28. The van der Waals surface area contributed by atoms with Crippen LogP contribution in [0.3, 0.4) is 0 Å². The van der Waals surface area contributed by atoms with Crippen LogP contribution in [0.2, 0.25) is 0 Å². The van der Waals surface area contributed by atoms with Gasteiger partial charge in [-0.3, -0.25) is 4.79 Å². The van der Waals surface area contributed by atoms with Gasteiger partial charge in [0.05, 0.1) is 6.61 Å². The van der Waals surface area contributed by atoms with Gasteiger partial charge in [0.2, 0.25) is 0 Å². The minimum absolute atomic E-state index is 0.00448. The molecular formula is C19H38O2. The summed E-state index contributed by atoms with van der Waals surface area (Å²) in [5, 5.41) is 0. The highest BCUT2D eigenvalue weighted by atomic mass is 16.5. The van der Waals surface area contributed by atoms with Crippen molar-refractivity contribution in [3.05, 3.63) is 0 Å². The molecule has 0 bridgehead atoms. The Hall–Kier alpha value is -0.530. The molecule has 0 atom stereocenters. The van der Waals surface area contributed by atoms with Crippen LogP contribution in [0.4, 0.5) is 0 Å². The summed E-state index contributed by atoms with van der Waals surface area (Å²) < 4.78 is 5.28. The highest BCUT2D eigenvalue weighted by molar-refractivity contribution is 5.69. The molecule has 2 nitrogen and oxygen atoms in total. The molecule has 0 aromatic carbocycles. The molecule has 0 aliphatic carbocycles. The van der Waals surface area contributed by atoms with Crippen LogP contribution in [0.1, 0.15) is 104 Å². The Bertz CT molecular complexity index is 224. The molecule has 0 aromatic heterocycles. The summed E-state index contributed by atoms with van der Waals surface area (Å²) in [7, 11) is 0. The molecule has 0 unspecified atom stereocenters. The van der Waals surface area contributed by atoms with Crippen LogP contribution in [-0.2, 0) is 9.53 Å². The van der Waals surface area contributed by atoms with Gasteiger partial charge in [-0.05, 0) is 18.8 Å². The number of carbonyl (C=O) groups excluding carboxylic acids is 1. The maximum Gasteiger partial charge on any atom is 0.305 e. The van der Waals surface area contributed by atoms with E-state index in [2.05, 4.69) is 20.8 Å². The summed E-state index contributed by atoms with van der Waals surface area (Å²) in [4.78, 5) is 11.5. The average molecular weight is 299 g/mol. The SMILES string of the molecule is CCCCCCCCCOC(=O)CCCCCCC(C)C. The summed E-state index contributed by atoms with van der Waals surface area (Å²) in [5.74, 6) is 0.807. The minimum atomic E-state index is 0.00448. The van der Waals surface area contributed by atoms with E-state index < -0.39 is 0 Å². The van der Waals surface area contributed by atoms with E-state index in [-0.39, 0.29) is 5.97 Å². The van der Waals surface area contributed by atoms with E-state index >= 15 is 0 Å². The molecule has 126 valence electrons. The van der Waals surface area contributed by atoms with E-state index in [9.17, 15) is 4.79 Å². The van der Waals surface area contributed by atoms with Gasteiger partial charge in [-0.15, -0.1) is 0 Å². The van der Waals surface area contributed by atoms with Crippen molar-refractivity contribution in [3.8, 4) is 0 Å². The molecule has 0 aliphatic heterocycles. The Morgan fingerprint density at radius 2 is 1.38 bits per heavy atom. The monoisotopic (exact) mass is 298 g/mol. The fourth-order valence-electron chi connectivity index (χ4n) is 2.49. The summed E-state index contributed by atoms with van der Waals surface area (Å²) in [5.41, 5.74) is 0. The second-order valence-electron chi connectivity index (χ2n) is 6.69. The first-order chi connectivity index (χ1) is 10.2. The zero-order valence-corrected chi connectivity index (χ0v) is 14.8. The quantitative estimate of drug-likeness (QED) is 0.263. The largest absolute Gasteiger partial charge is 0.466 e. The molecule has 0 aliphatic rings. The van der Waals surface area contributed by atoms with Gasteiger partial charge in [-0.25, -0.2) is 0 Å². The summed E-state index contributed by atoms with van der Waals surface area (Å²) in [6, 6.07) is 0. The van der Waals surface area contributed by atoms with Crippen molar-refractivity contribution < 1.29 is 9.53 Å². The first-order valence-electron chi connectivity index (χ1n) is 9.32. The van der Waals surface area contributed by atoms with E-state index in [0.717, 1.165) is 18.8 Å². The van der Waals surface area contributed by atoms with Crippen molar-refractivity contribution in [2.75, 3.05) is 6.61 Å². The summed E-state index contributed by atoms with van der Waals surface area (Å²) in [6.45, 7) is 7.39. The van der Waals surface area contributed by atoms with Crippen molar-refractivity contribution >= 4 is 5.97 Å². The molecule has 2 heteroatoms. The van der Waals surface area contributed by atoms with E-state index in [0.29, 0.717) is 13.0 Å². The van der Waals surface area contributed by atoms with Crippen molar-refractivity contribution in [2.45, 2.75) is 104 Å². The zero-order valence-electron chi connectivity index (χ0n) is 14.8. The van der Waals surface area contributed by atoms with Crippen LogP contribution in [0.15, 0.2) is 0 Å². The second-order valence-corrected chi connectivity index (χ2v) is 6.69. The van der Waals surface area contributed by atoms with Gasteiger partial charge in [-0.1, -0.05) is 85.0 Å². The van der Waals surface area contributed by atoms with Gasteiger partial charge in [-0.2, -0.15) is 0 Å². The average Bonchev–Trinajstić information content (AvgIpc) is 2.45. The Labute approximate surface area is 133 Å². The maximum atomic E-state index is 11.5. The summed E-state index contributed by atoms with van der Waals surface area (Å²) in [6.07, 6.45) is 15.5. The van der Waals surface area contributed by atoms with Crippen molar-refractivity contribution in [1.29, 1.82) is 0 Å². The molecule has 0 amide bonds. The van der Waals surface area contributed by atoms with Crippen LogP contribution < -0.4 is 0 Å². The number of carbonyl (C=O) groups is 1. The first kappa shape index (κ1) is 20.5. The molecule has 0 spiro atoms.